The van der Waals surface area contributed by atoms with Crippen LogP contribution in [0.25, 0.3) is 11.3 Å². The third kappa shape index (κ3) is 2.68. The highest BCUT2D eigenvalue weighted by Crippen LogP contribution is 2.20. The van der Waals surface area contributed by atoms with Gasteiger partial charge in [0.15, 0.2) is 0 Å². The van der Waals surface area contributed by atoms with Crippen LogP contribution in [0.2, 0.25) is 0 Å². The maximum atomic E-state index is 8.63. The van der Waals surface area contributed by atoms with Crippen LogP contribution in [-0.4, -0.2) is 23.2 Å². The van der Waals surface area contributed by atoms with E-state index in [0.29, 0.717) is 13.1 Å². The topological polar surface area (TPSA) is 58.3 Å². The van der Waals surface area contributed by atoms with Gasteiger partial charge in [0.1, 0.15) is 11.5 Å². The minimum Gasteiger partial charge on any atom is -0.460 e. The number of hydrogen-bond acceptors (Lipinski definition) is 4. The Hall–Kier alpha value is -1.65. The quantitative estimate of drug-likeness (QED) is 0.745. The van der Waals surface area contributed by atoms with Gasteiger partial charge in [-0.1, -0.05) is 0 Å². The number of aliphatic hydroxyl groups excluding tert-OH is 1. The van der Waals surface area contributed by atoms with Gasteiger partial charge in [-0.05, 0) is 24.3 Å². The van der Waals surface area contributed by atoms with Gasteiger partial charge in [-0.25, -0.2) is 0 Å². The summed E-state index contributed by atoms with van der Waals surface area (Å²) in [5, 5.41) is 11.7. The van der Waals surface area contributed by atoms with Crippen molar-refractivity contribution in [2.45, 2.75) is 6.54 Å². The minimum absolute atomic E-state index is 0.135. The molecule has 0 aliphatic heterocycles. The second kappa shape index (κ2) is 5.44. The lowest BCUT2D eigenvalue weighted by atomic mass is 10.2. The van der Waals surface area contributed by atoms with Crippen LogP contribution in [0.4, 0.5) is 0 Å². The molecule has 0 saturated carbocycles. The fourth-order valence-electron chi connectivity index (χ4n) is 1.43. The van der Waals surface area contributed by atoms with Crippen LogP contribution in [-0.2, 0) is 6.54 Å². The molecular formula is C12H14N2O2. The molecule has 0 unspecified atom stereocenters. The largest absolute Gasteiger partial charge is 0.460 e. The van der Waals surface area contributed by atoms with Crippen molar-refractivity contribution in [3.8, 4) is 11.3 Å². The molecule has 0 aromatic carbocycles. The smallest absolute Gasteiger partial charge is 0.135 e. The lowest BCUT2D eigenvalue weighted by Gasteiger charge is -1.99. The molecule has 0 spiro atoms. The molecule has 0 amide bonds. The van der Waals surface area contributed by atoms with Gasteiger partial charge < -0.3 is 14.8 Å². The van der Waals surface area contributed by atoms with E-state index in [1.165, 1.54) is 0 Å². The van der Waals surface area contributed by atoms with E-state index in [-0.39, 0.29) is 6.61 Å². The average Bonchev–Trinajstić information content (AvgIpc) is 2.79. The maximum absolute atomic E-state index is 8.63. The number of aliphatic hydroxyl groups is 1. The lowest BCUT2D eigenvalue weighted by Crippen LogP contribution is -2.16. The standard InChI is InChI=1S/C12H14N2O2/c15-7-6-14-9-11-3-4-12(16-11)10-2-1-5-13-8-10/h1-5,8,14-15H,6-7,9H2. The average molecular weight is 218 g/mol. The molecule has 0 fully saturated rings. The second-order valence-corrected chi connectivity index (χ2v) is 3.41. The molecule has 0 radical (unpaired) electrons. The van der Waals surface area contributed by atoms with Gasteiger partial charge in [-0.2, -0.15) is 0 Å². The highest BCUT2D eigenvalue weighted by atomic mass is 16.3. The Morgan fingerprint density at radius 3 is 3.00 bits per heavy atom. The molecule has 4 nitrogen and oxygen atoms in total. The molecule has 4 heteroatoms. The summed E-state index contributed by atoms with van der Waals surface area (Å²) >= 11 is 0. The van der Waals surface area contributed by atoms with Gasteiger partial charge in [0, 0.05) is 24.5 Å². The molecule has 0 saturated heterocycles. The van der Waals surface area contributed by atoms with Crippen LogP contribution in [0.15, 0.2) is 41.1 Å². The summed E-state index contributed by atoms with van der Waals surface area (Å²) < 4.78 is 5.63. The maximum Gasteiger partial charge on any atom is 0.135 e. The molecule has 16 heavy (non-hydrogen) atoms. The normalized spacial score (nSPS) is 10.6. The number of aromatic nitrogens is 1. The highest BCUT2D eigenvalue weighted by Gasteiger charge is 2.03. The molecular weight excluding hydrogens is 204 g/mol. The Morgan fingerprint density at radius 1 is 1.31 bits per heavy atom. The molecule has 2 aromatic rings. The molecule has 0 aliphatic carbocycles. The van der Waals surface area contributed by atoms with Crippen molar-refractivity contribution < 1.29 is 9.52 Å². The first-order valence-electron chi connectivity index (χ1n) is 5.21. The van der Waals surface area contributed by atoms with Crippen molar-refractivity contribution in [1.82, 2.24) is 10.3 Å². The van der Waals surface area contributed by atoms with Gasteiger partial charge in [-0.15, -0.1) is 0 Å². The zero-order chi connectivity index (χ0) is 11.2. The van der Waals surface area contributed by atoms with E-state index in [1.807, 2.05) is 24.3 Å². The summed E-state index contributed by atoms with van der Waals surface area (Å²) in [6.07, 6.45) is 3.50. The summed E-state index contributed by atoms with van der Waals surface area (Å²) in [7, 11) is 0. The Balaban J connectivity index is 2.02. The fraction of sp³-hybridized carbons (Fsp3) is 0.250. The summed E-state index contributed by atoms with van der Waals surface area (Å²) in [6.45, 7) is 1.33. The van der Waals surface area contributed by atoms with E-state index in [4.69, 9.17) is 9.52 Å². The van der Waals surface area contributed by atoms with E-state index in [9.17, 15) is 0 Å². The molecule has 2 aromatic heterocycles. The monoisotopic (exact) mass is 218 g/mol. The Kier molecular flexibility index (Phi) is 3.69. The summed E-state index contributed by atoms with van der Waals surface area (Å²) in [5.41, 5.74) is 0.968. The number of nitrogens with zero attached hydrogens (tertiary/aromatic N) is 1. The van der Waals surface area contributed by atoms with E-state index in [2.05, 4.69) is 10.3 Å². The van der Waals surface area contributed by atoms with Gasteiger partial charge in [0.25, 0.3) is 0 Å². The van der Waals surface area contributed by atoms with Crippen molar-refractivity contribution in [2.24, 2.45) is 0 Å². The van der Waals surface area contributed by atoms with Gasteiger partial charge in [-0.3, -0.25) is 4.98 Å². The van der Waals surface area contributed by atoms with Crippen molar-refractivity contribution >= 4 is 0 Å². The van der Waals surface area contributed by atoms with Gasteiger partial charge >= 0.3 is 0 Å². The molecule has 2 heterocycles. The second-order valence-electron chi connectivity index (χ2n) is 3.41. The lowest BCUT2D eigenvalue weighted by molar-refractivity contribution is 0.290. The molecule has 0 aliphatic rings. The summed E-state index contributed by atoms with van der Waals surface area (Å²) in [6, 6.07) is 7.68. The SMILES string of the molecule is OCCNCc1ccc(-c2cccnc2)o1. The molecule has 0 atom stereocenters. The number of hydrogen-bond donors (Lipinski definition) is 2. The zero-order valence-corrected chi connectivity index (χ0v) is 8.89. The summed E-state index contributed by atoms with van der Waals surface area (Å²) in [4.78, 5) is 4.04. The van der Waals surface area contributed by atoms with E-state index in [1.54, 1.807) is 12.4 Å². The number of rotatable bonds is 5. The van der Waals surface area contributed by atoms with Crippen LogP contribution in [0.1, 0.15) is 5.76 Å². The summed E-state index contributed by atoms with van der Waals surface area (Å²) in [5.74, 6) is 1.67. The van der Waals surface area contributed by atoms with E-state index >= 15 is 0 Å². The number of furan rings is 1. The Morgan fingerprint density at radius 2 is 2.25 bits per heavy atom. The third-order valence-corrected chi connectivity index (χ3v) is 2.20. The van der Waals surface area contributed by atoms with Crippen LogP contribution < -0.4 is 5.32 Å². The van der Waals surface area contributed by atoms with Crippen LogP contribution in [0.3, 0.4) is 0 Å². The molecule has 2 N–H and O–H groups in total. The van der Waals surface area contributed by atoms with Crippen LogP contribution in [0, 0.1) is 0 Å². The first-order valence-corrected chi connectivity index (χ1v) is 5.21. The fourth-order valence-corrected chi connectivity index (χ4v) is 1.43. The van der Waals surface area contributed by atoms with Crippen LogP contribution >= 0.6 is 0 Å². The third-order valence-electron chi connectivity index (χ3n) is 2.20. The molecule has 2 rings (SSSR count). The van der Waals surface area contributed by atoms with Crippen molar-refractivity contribution in [3.63, 3.8) is 0 Å². The number of pyridine rings is 1. The van der Waals surface area contributed by atoms with Gasteiger partial charge in [0.2, 0.25) is 0 Å². The predicted molar refractivity (Wildman–Crippen MR) is 60.7 cm³/mol. The van der Waals surface area contributed by atoms with Crippen molar-refractivity contribution in [1.29, 1.82) is 0 Å². The van der Waals surface area contributed by atoms with Gasteiger partial charge in [0.05, 0.1) is 13.2 Å². The first kappa shape index (κ1) is 10.9. The first-order chi connectivity index (χ1) is 7.90. The van der Waals surface area contributed by atoms with Crippen molar-refractivity contribution in [2.75, 3.05) is 13.2 Å². The van der Waals surface area contributed by atoms with Crippen molar-refractivity contribution in [3.05, 3.63) is 42.4 Å². The molecule has 84 valence electrons. The molecule has 0 bridgehead atoms. The highest BCUT2D eigenvalue weighted by molar-refractivity contribution is 5.55. The Labute approximate surface area is 93.9 Å². The van der Waals surface area contributed by atoms with E-state index < -0.39 is 0 Å². The van der Waals surface area contributed by atoms with E-state index in [0.717, 1.165) is 17.1 Å². The Bertz CT molecular complexity index is 426. The number of nitrogens with one attached hydrogen (secondary N) is 1. The minimum atomic E-state index is 0.135. The van der Waals surface area contributed by atoms with Crippen LogP contribution in [0.5, 0.6) is 0 Å². The predicted octanol–water partition coefficient (Wildman–Crippen LogP) is 1.42. The zero-order valence-electron chi connectivity index (χ0n) is 8.89.